The fourth-order valence-electron chi connectivity index (χ4n) is 2.59. The summed E-state index contributed by atoms with van der Waals surface area (Å²) in [4.78, 5) is 0. The van der Waals surface area contributed by atoms with E-state index < -0.39 is 0 Å². The molecule has 0 bridgehead atoms. The van der Waals surface area contributed by atoms with Crippen LogP contribution in [0.1, 0.15) is 24.0 Å². The van der Waals surface area contributed by atoms with E-state index in [1.165, 1.54) is 31.5 Å². The molecule has 112 valence electrons. The number of hydrogen-bond acceptors (Lipinski definition) is 5. The van der Waals surface area contributed by atoms with Gasteiger partial charge in [0, 0.05) is 42.0 Å². The fraction of sp³-hybridized carbons (Fsp3) is 0.375. The third kappa shape index (κ3) is 3.92. The molecule has 5 nitrogen and oxygen atoms in total. The first kappa shape index (κ1) is 15.3. The third-order valence-electron chi connectivity index (χ3n) is 3.92. The van der Waals surface area contributed by atoms with Crippen LogP contribution < -0.4 is 16.4 Å². The third-order valence-corrected chi connectivity index (χ3v) is 3.92. The predicted molar refractivity (Wildman–Crippen MR) is 89.4 cm³/mol. The Morgan fingerprint density at radius 3 is 2.71 bits per heavy atom. The van der Waals surface area contributed by atoms with E-state index in [-0.39, 0.29) is 0 Å². The number of benzene rings is 1. The second-order valence-corrected chi connectivity index (χ2v) is 5.29. The summed E-state index contributed by atoms with van der Waals surface area (Å²) in [6, 6.07) is 5.78. The Morgan fingerprint density at radius 2 is 2.10 bits per heavy atom. The topological polar surface area (TPSA) is 97.8 Å². The predicted octanol–water partition coefficient (Wildman–Crippen LogP) is 2.04. The Hall–Kier alpha value is -2.14. The minimum Gasteiger partial charge on any atom is -0.404 e. The lowest BCUT2D eigenvalue weighted by atomic mass is 9.97. The zero-order valence-electron chi connectivity index (χ0n) is 12.2. The zero-order valence-corrected chi connectivity index (χ0v) is 12.2. The Morgan fingerprint density at radius 1 is 1.33 bits per heavy atom. The second kappa shape index (κ2) is 7.59. The molecule has 0 radical (unpaired) electrons. The number of hydrogen-bond donors (Lipinski definition) is 5. The van der Waals surface area contributed by atoms with E-state index in [2.05, 4.69) is 10.6 Å². The maximum Gasteiger partial charge on any atom is 0.0429 e. The van der Waals surface area contributed by atoms with Crippen molar-refractivity contribution in [2.45, 2.75) is 12.8 Å². The summed E-state index contributed by atoms with van der Waals surface area (Å²) in [6.07, 6.45) is 6.37. The molecule has 0 spiro atoms. The molecule has 0 amide bonds. The van der Waals surface area contributed by atoms with Gasteiger partial charge in [-0.1, -0.05) is 6.07 Å². The van der Waals surface area contributed by atoms with E-state index in [1.54, 1.807) is 0 Å². The van der Waals surface area contributed by atoms with Crippen molar-refractivity contribution >= 4 is 23.7 Å². The molecule has 5 heteroatoms. The van der Waals surface area contributed by atoms with Crippen molar-refractivity contribution in [2.24, 2.45) is 11.7 Å². The number of rotatable bonds is 6. The summed E-state index contributed by atoms with van der Waals surface area (Å²) in [6.45, 7) is 3.12. The van der Waals surface area contributed by atoms with Gasteiger partial charge in [0.15, 0.2) is 0 Å². The van der Waals surface area contributed by atoms with E-state index in [4.69, 9.17) is 16.6 Å². The molecule has 0 aliphatic carbocycles. The Bertz CT molecular complexity index is 529. The normalized spacial score (nSPS) is 16.5. The molecule has 1 fully saturated rings. The smallest absolute Gasteiger partial charge is 0.0429 e. The first-order chi connectivity index (χ1) is 10.3. The van der Waals surface area contributed by atoms with Crippen molar-refractivity contribution in [3.8, 4) is 0 Å². The highest BCUT2D eigenvalue weighted by atomic mass is 14.9. The van der Waals surface area contributed by atoms with Crippen LogP contribution in [0.4, 0.5) is 5.69 Å². The molecule has 1 aromatic carbocycles. The van der Waals surface area contributed by atoms with Gasteiger partial charge in [-0.3, -0.25) is 0 Å². The van der Waals surface area contributed by atoms with Gasteiger partial charge in [0.1, 0.15) is 0 Å². The molecule has 1 heterocycles. The molecule has 21 heavy (non-hydrogen) atoms. The van der Waals surface area contributed by atoms with Gasteiger partial charge in [-0.15, -0.1) is 0 Å². The minimum absolute atomic E-state index is 0.656. The summed E-state index contributed by atoms with van der Waals surface area (Å²) in [7, 11) is 0. The maximum atomic E-state index is 7.58. The molecule has 0 aromatic heterocycles. The van der Waals surface area contributed by atoms with Gasteiger partial charge >= 0.3 is 0 Å². The maximum absolute atomic E-state index is 7.58. The first-order valence-corrected chi connectivity index (χ1v) is 7.30. The molecule has 0 atom stereocenters. The van der Waals surface area contributed by atoms with Crippen LogP contribution in [0.15, 0.2) is 24.4 Å². The van der Waals surface area contributed by atoms with Gasteiger partial charge in [-0.25, -0.2) is 0 Å². The lowest BCUT2D eigenvalue weighted by molar-refractivity contribution is 0.390. The molecule has 1 aliphatic rings. The largest absolute Gasteiger partial charge is 0.404 e. The quantitative estimate of drug-likeness (QED) is 0.517. The SMILES string of the molecule is N=C/C(=C\N)c1ccc(NCC2CCNCC2)c(C=N)c1. The van der Waals surface area contributed by atoms with Crippen LogP contribution in [0.5, 0.6) is 0 Å². The van der Waals surface area contributed by atoms with Crippen molar-refractivity contribution in [2.75, 3.05) is 25.0 Å². The van der Waals surface area contributed by atoms with Crippen molar-refractivity contribution in [1.29, 1.82) is 10.8 Å². The monoisotopic (exact) mass is 285 g/mol. The molecule has 0 unspecified atom stereocenters. The van der Waals surface area contributed by atoms with Crippen LogP contribution in [0, 0.1) is 16.7 Å². The summed E-state index contributed by atoms with van der Waals surface area (Å²) in [5.41, 5.74) is 8.81. The van der Waals surface area contributed by atoms with Crippen molar-refractivity contribution in [1.82, 2.24) is 5.32 Å². The summed E-state index contributed by atoms with van der Waals surface area (Å²) >= 11 is 0. The molecule has 6 N–H and O–H groups in total. The molecule has 2 rings (SSSR count). The van der Waals surface area contributed by atoms with Gasteiger partial charge in [0.25, 0.3) is 0 Å². The first-order valence-electron chi connectivity index (χ1n) is 7.30. The number of allylic oxidation sites excluding steroid dienone is 1. The molecule has 1 aromatic rings. The average molecular weight is 285 g/mol. The van der Waals surface area contributed by atoms with Gasteiger partial charge in [0.2, 0.25) is 0 Å². The standard InChI is InChI=1S/C16H23N5/c17-8-14-7-13(15(9-18)10-19)1-2-16(14)21-11-12-3-5-20-6-4-12/h1-2,7-10,12,17-18,20-21H,3-6,11,19H2/b15-10+,17-8?,18-9?. The van der Waals surface area contributed by atoms with E-state index in [0.29, 0.717) is 11.5 Å². The number of piperidine rings is 1. The van der Waals surface area contributed by atoms with E-state index in [1.807, 2.05) is 18.2 Å². The highest BCUT2D eigenvalue weighted by molar-refractivity contribution is 6.08. The van der Waals surface area contributed by atoms with Crippen molar-refractivity contribution in [3.05, 3.63) is 35.5 Å². The molecular formula is C16H23N5. The van der Waals surface area contributed by atoms with E-state index in [0.717, 1.165) is 36.4 Å². The van der Waals surface area contributed by atoms with Gasteiger partial charge in [0.05, 0.1) is 0 Å². The van der Waals surface area contributed by atoms with Gasteiger partial charge in [-0.2, -0.15) is 0 Å². The van der Waals surface area contributed by atoms with Crippen LogP contribution in [0.3, 0.4) is 0 Å². The van der Waals surface area contributed by atoms with Crippen molar-refractivity contribution < 1.29 is 0 Å². The van der Waals surface area contributed by atoms with E-state index >= 15 is 0 Å². The van der Waals surface area contributed by atoms with Crippen LogP contribution in [-0.4, -0.2) is 32.1 Å². The Labute approximate surface area is 125 Å². The number of nitrogens with one attached hydrogen (secondary N) is 4. The van der Waals surface area contributed by atoms with Crippen LogP contribution in [0.2, 0.25) is 0 Å². The van der Waals surface area contributed by atoms with Crippen LogP contribution in [-0.2, 0) is 0 Å². The zero-order chi connectivity index (χ0) is 15.1. The number of anilines is 1. The Balaban J connectivity index is 2.08. The minimum atomic E-state index is 0.656. The summed E-state index contributed by atoms with van der Waals surface area (Å²) < 4.78 is 0. The Kier molecular flexibility index (Phi) is 5.51. The molecular weight excluding hydrogens is 262 g/mol. The summed E-state index contributed by atoms with van der Waals surface area (Å²) in [5.74, 6) is 0.686. The second-order valence-electron chi connectivity index (χ2n) is 5.29. The van der Waals surface area contributed by atoms with Crippen molar-refractivity contribution in [3.63, 3.8) is 0 Å². The average Bonchev–Trinajstić information content (AvgIpc) is 2.55. The highest BCUT2D eigenvalue weighted by Gasteiger charge is 2.13. The van der Waals surface area contributed by atoms with Gasteiger partial charge < -0.3 is 27.2 Å². The molecule has 0 saturated carbocycles. The molecule has 1 saturated heterocycles. The highest BCUT2D eigenvalue weighted by Crippen LogP contribution is 2.21. The van der Waals surface area contributed by atoms with Crippen LogP contribution >= 0.6 is 0 Å². The van der Waals surface area contributed by atoms with Gasteiger partial charge in [-0.05, 0) is 49.5 Å². The lowest BCUT2D eigenvalue weighted by Gasteiger charge is -2.23. The van der Waals surface area contributed by atoms with Crippen LogP contribution in [0.25, 0.3) is 5.57 Å². The fourth-order valence-corrected chi connectivity index (χ4v) is 2.59. The van der Waals surface area contributed by atoms with E-state index in [9.17, 15) is 0 Å². The number of nitrogens with two attached hydrogens (primary N) is 1. The lowest BCUT2D eigenvalue weighted by Crippen LogP contribution is -2.31. The molecule has 1 aliphatic heterocycles. The summed E-state index contributed by atoms with van der Waals surface area (Å²) in [5, 5.41) is 21.7.